The summed E-state index contributed by atoms with van der Waals surface area (Å²) in [4.78, 5) is 4.78. The van der Waals surface area contributed by atoms with Crippen LogP contribution in [0.25, 0.3) is 0 Å². The lowest BCUT2D eigenvalue weighted by Gasteiger charge is -2.19. The Morgan fingerprint density at radius 3 is 2.56 bits per heavy atom. The molecule has 0 atom stereocenters. The van der Waals surface area contributed by atoms with Crippen molar-refractivity contribution in [3.63, 3.8) is 0 Å². The Labute approximate surface area is 207 Å². The maximum atomic E-state index is 11.4. The van der Waals surface area contributed by atoms with E-state index in [-0.39, 0.29) is 34.3 Å². The zero-order chi connectivity index (χ0) is 22.2. The molecule has 0 bridgehead atoms. The van der Waals surface area contributed by atoms with Gasteiger partial charge in [0.15, 0.2) is 5.96 Å². The van der Waals surface area contributed by atoms with Gasteiger partial charge in [0.2, 0.25) is 10.0 Å². The predicted octanol–water partition coefficient (Wildman–Crippen LogP) is 3.03. The number of nitrogens with two attached hydrogens (primary N) is 1. The summed E-state index contributed by atoms with van der Waals surface area (Å²) in [6.07, 6.45) is 5.86. The summed E-state index contributed by atoms with van der Waals surface area (Å²) in [7, 11) is -3.69. The maximum Gasteiger partial charge on any atom is 0.238 e. The number of guanidine groups is 1. The Morgan fingerprint density at radius 2 is 1.97 bits per heavy atom. The molecule has 0 saturated heterocycles. The van der Waals surface area contributed by atoms with Gasteiger partial charge in [-0.15, -0.1) is 24.0 Å². The summed E-state index contributed by atoms with van der Waals surface area (Å²) < 4.78 is 33.8. The highest BCUT2D eigenvalue weighted by molar-refractivity contribution is 14.0. The van der Waals surface area contributed by atoms with Crippen molar-refractivity contribution in [2.24, 2.45) is 15.5 Å². The monoisotopic (exact) mass is 576 g/mol. The fraction of sp³-hybridized carbons (Fsp3) is 0.500. The van der Waals surface area contributed by atoms with Crippen LogP contribution >= 0.6 is 24.0 Å². The molecule has 1 heterocycles. The van der Waals surface area contributed by atoms with Crippen molar-refractivity contribution < 1.29 is 17.6 Å². The topological polar surface area (TPSA) is 119 Å². The number of hydrogen-bond donors (Lipinski definition) is 3. The zero-order valence-electron chi connectivity index (χ0n) is 18.4. The molecule has 32 heavy (non-hydrogen) atoms. The molecule has 1 aromatic heterocycles. The number of ether oxygens (including phenoxy) is 1. The smallest absolute Gasteiger partial charge is 0.238 e. The molecule has 0 unspecified atom stereocenters. The van der Waals surface area contributed by atoms with Gasteiger partial charge in [0.05, 0.1) is 17.7 Å². The Balaban J connectivity index is 0.00000363. The van der Waals surface area contributed by atoms with Crippen molar-refractivity contribution in [1.29, 1.82) is 0 Å². The van der Waals surface area contributed by atoms with E-state index in [1.165, 1.54) is 25.0 Å². The summed E-state index contributed by atoms with van der Waals surface area (Å²) in [5.41, 5.74) is 1.19. The standard InChI is InChI=1S/C22H32N4O4S.HI/c1-2-29-15-12-22(10-11-22)17-26-21(24-13-9-19-4-3-14-30-19)25-16-18-5-7-20(8-6-18)31(23,27)28;/h3-8,14H,2,9-13,15-17H2,1H3,(H2,23,27,28)(H2,24,25,26);1H. The highest BCUT2D eigenvalue weighted by Gasteiger charge is 2.41. The summed E-state index contributed by atoms with van der Waals surface area (Å²) >= 11 is 0. The Morgan fingerprint density at radius 1 is 1.22 bits per heavy atom. The first-order valence-electron chi connectivity index (χ1n) is 10.6. The molecule has 10 heteroatoms. The molecule has 4 N–H and O–H groups in total. The van der Waals surface area contributed by atoms with Gasteiger partial charge in [0, 0.05) is 32.7 Å². The number of hydrogen-bond acceptors (Lipinski definition) is 5. The van der Waals surface area contributed by atoms with Crippen LogP contribution in [-0.2, 0) is 27.7 Å². The quantitative estimate of drug-likeness (QED) is 0.155. The number of primary sulfonamides is 1. The fourth-order valence-electron chi connectivity index (χ4n) is 3.28. The van der Waals surface area contributed by atoms with Crippen molar-refractivity contribution in [2.75, 3.05) is 26.3 Å². The SMILES string of the molecule is CCOCCC1(CNC(=NCc2ccc(S(N)(=O)=O)cc2)NCCc2ccco2)CC1.I. The Hall–Kier alpha value is -1.63. The van der Waals surface area contributed by atoms with Gasteiger partial charge < -0.3 is 19.8 Å². The number of sulfonamides is 1. The molecule has 0 radical (unpaired) electrons. The number of nitrogens with one attached hydrogen (secondary N) is 2. The third-order valence-corrected chi connectivity index (χ3v) is 6.41. The molecule has 0 spiro atoms. The summed E-state index contributed by atoms with van der Waals surface area (Å²) in [5.74, 6) is 1.64. The Bertz CT molecular complexity index is 943. The largest absolute Gasteiger partial charge is 0.469 e. The van der Waals surface area contributed by atoms with Gasteiger partial charge in [0.25, 0.3) is 0 Å². The number of nitrogens with zero attached hydrogens (tertiary/aromatic N) is 1. The van der Waals surface area contributed by atoms with Crippen molar-refractivity contribution in [3.05, 3.63) is 54.0 Å². The van der Waals surface area contributed by atoms with Crippen LogP contribution in [0.15, 0.2) is 57.0 Å². The maximum absolute atomic E-state index is 11.4. The summed E-state index contributed by atoms with van der Waals surface area (Å²) in [6.45, 7) is 5.50. The molecule has 8 nitrogen and oxygen atoms in total. The number of aliphatic imine (C=N–C) groups is 1. The van der Waals surface area contributed by atoms with Crippen molar-refractivity contribution >= 4 is 40.0 Å². The highest BCUT2D eigenvalue weighted by atomic mass is 127. The van der Waals surface area contributed by atoms with Crippen molar-refractivity contribution in [1.82, 2.24) is 10.6 Å². The van der Waals surface area contributed by atoms with E-state index < -0.39 is 10.0 Å². The van der Waals surface area contributed by atoms with Crippen LogP contribution in [0.5, 0.6) is 0 Å². The van der Waals surface area contributed by atoms with Crippen LogP contribution in [0.1, 0.15) is 37.5 Å². The van der Waals surface area contributed by atoms with E-state index in [9.17, 15) is 8.42 Å². The lowest BCUT2D eigenvalue weighted by molar-refractivity contribution is 0.128. The number of halogens is 1. The van der Waals surface area contributed by atoms with Crippen LogP contribution in [0.2, 0.25) is 0 Å². The minimum absolute atomic E-state index is 0. The molecule has 1 aliphatic rings. The molecule has 1 aliphatic carbocycles. The van der Waals surface area contributed by atoms with E-state index in [0.29, 0.717) is 13.1 Å². The first kappa shape index (κ1) is 26.6. The van der Waals surface area contributed by atoms with E-state index >= 15 is 0 Å². The van der Waals surface area contributed by atoms with Crippen LogP contribution in [0.3, 0.4) is 0 Å². The lowest BCUT2D eigenvalue weighted by Crippen LogP contribution is -2.41. The van der Waals surface area contributed by atoms with E-state index in [0.717, 1.165) is 49.9 Å². The molecular weight excluding hydrogens is 543 g/mol. The Kier molecular flexibility index (Phi) is 10.5. The average molecular weight is 577 g/mol. The average Bonchev–Trinajstić information content (AvgIpc) is 3.32. The first-order chi connectivity index (χ1) is 14.9. The molecule has 1 aromatic carbocycles. The molecular formula is C22H33IN4O4S. The van der Waals surface area contributed by atoms with Gasteiger partial charge in [0.1, 0.15) is 5.76 Å². The van der Waals surface area contributed by atoms with Gasteiger partial charge in [-0.2, -0.15) is 0 Å². The van der Waals surface area contributed by atoms with E-state index in [1.807, 2.05) is 19.1 Å². The number of rotatable bonds is 12. The molecule has 0 aliphatic heterocycles. The third kappa shape index (κ3) is 8.72. The first-order valence-corrected chi connectivity index (χ1v) is 12.2. The van der Waals surface area contributed by atoms with Crippen LogP contribution in [-0.4, -0.2) is 40.7 Å². The van der Waals surface area contributed by atoms with Crippen molar-refractivity contribution in [3.8, 4) is 0 Å². The van der Waals surface area contributed by atoms with Crippen molar-refractivity contribution in [2.45, 2.75) is 44.0 Å². The normalized spacial score (nSPS) is 15.1. The zero-order valence-corrected chi connectivity index (χ0v) is 21.5. The molecule has 1 fully saturated rings. The molecule has 178 valence electrons. The highest BCUT2D eigenvalue weighted by Crippen LogP contribution is 2.48. The van der Waals surface area contributed by atoms with Gasteiger partial charge in [-0.3, -0.25) is 0 Å². The fourth-order valence-corrected chi connectivity index (χ4v) is 3.80. The molecule has 0 amide bonds. The number of benzene rings is 1. The van der Waals surface area contributed by atoms with Gasteiger partial charge >= 0.3 is 0 Å². The minimum Gasteiger partial charge on any atom is -0.469 e. The van der Waals surface area contributed by atoms with E-state index in [2.05, 4.69) is 15.6 Å². The minimum atomic E-state index is -3.69. The van der Waals surface area contributed by atoms with Crippen LogP contribution in [0, 0.1) is 5.41 Å². The second-order valence-electron chi connectivity index (χ2n) is 7.91. The third-order valence-electron chi connectivity index (χ3n) is 5.48. The summed E-state index contributed by atoms with van der Waals surface area (Å²) in [5, 5.41) is 12.0. The van der Waals surface area contributed by atoms with Gasteiger partial charge in [-0.25, -0.2) is 18.5 Å². The van der Waals surface area contributed by atoms with Gasteiger partial charge in [-0.1, -0.05) is 12.1 Å². The van der Waals surface area contributed by atoms with Gasteiger partial charge in [-0.05, 0) is 61.4 Å². The molecule has 3 rings (SSSR count). The molecule has 2 aromatic rings. The summed E-state index contributed by atoms with van der Waals surface area (Å²) in [6, 6.07) is 10.3. The van der Waals surface area contributed by atoms with Crippen LogP contribution < -0.4 is 15.8 Å². The predicted molar refractivity (Wildman–Crippen MR) is 136 cm³/mol. The van der Waals surface area contributed by atoms with E-state index in [1.54, 1.807) is 18.4 Å². The van der Waals surface area contributed by atoms with E-state index in [4.69, 9.17) is 14.3 Å². The molecule has 1 saturated carbocycles. The second kappa shape index (κ2) is 12.6. The lowest BCUT2D eigenvalue weighted by atomic mass is 10.0. The van der Waals surface area contributed by atoms with Crippen LogP contribution in [0.4, 0.5) is 0 Å². The number of furan rings is 1. The second-order valence-corrected chi connectivity index (χ2v) is 9.47.